The maximum Gasteiger partial charge on any atom is 0.230 e. The molecule has 0 fully saturated rings. The van der Waals surface area contributed by atoms with E-state index in [2.05, 4.69) is 20.5 Å². The van der Waals surface area contributed by atoms with Crippen molar-refractivity contribution in [2.75, 3.05) is 5.75 Å². The van der Waals surface area contributed by atoms with Crippen LogP contribution in [-0.2, 0) is 17.9 Å². The van der Waals surface area contributed by atoms with Crippen molar-refractivity contribution in [1.29, 1.82) is 0 Å². The van der Waals surface area contributed by atoms with Gasteiger partial charge >= 0.3 is 0 Å². The standard InChI is InChI=1S/C17H16N4O2S2/c22-16(11-24-17-21-20-12-25-17)19-9-13-4-6-15(7-5-13)23-10-14-3-1-2-8-18-14/h1-8,12H,9-11H2,(H,19,22). The van der Waals surface area contributed by atoms with E-state index in [0.717, 1.165) is 21.3 Å². The van der Waals surface area contributed by atoms with Gasteiger partial charge in [-0.15, -0.1) is 10.2 Å². The molecule has 0 aliphatic heterocycles. The number of aromatic nitrogens is 3. The average molecular weight is 372 g/mol. The second-order valence-electron chi connectivity index (χ2n) is 5.02. The first-order chi connectivity index (χ1) is 12.3. The van der Waals surface area contributed by atoms with Crippen molar-refractivity contribution >= 4 is 29.0 Å². The Labute approximate surface area is 153 Å². The van der Waals surface area contributed by atoms with Crippen LogP contribution in [0, 0.1) is 0 Å². The summed E-state index contributed by atoms with van der Waals surface area (Å²) in [5.74, 6) is 1.07. The molecular formula is C17H16N4O2S2. The Balaban J connectivity index is 1.40. The number of pyridine rings is 1. The number of nitrogens with zero attached hydrogens (tertiary/aromatic N) is 3. The molecule has 25 heavy (non-hydrogen) atoms. The molecule has 2 heterocycles. The van der Waals surface area contributed by atoms with Crippen LogP contribution >= 0.6 is 23.1 Å². The van der Waals surface area contributed by atoms with Crippen molar-refractivity contribution < 1.29 is 9.53 Å². The molecule has 0 unspecified atom stereocenters. The van der Waals surface area contributed by atoms with Crippen LogP contribution in [0.5, 0.6) is 5.75 Å². The van der Waals surface area contributed by atoms with E-state index < -0.39 is 0 Å². The van der Waals surface area contributed by atoms with Crippen LogP contribution in [0.2, 0.25) is 0 Å². The molecular weight excluding hydrogens is 356 g/mol. The number of nitrogens with one attached hydrogen (secondary N) is 1. The van der Waals surface area contributed by atoms with Crippen molar-refractivity contribution in [3.63, 3.8) is 0 Å². The summed E-state index contributed by atoms with van der Waals surface area (Å²) in [5, 5.41) is 10.5. The van der Waals surface area contributed by atoms with Crippen LogP contribution in [-0.4, -0.2) is 26.8 Å². The van der Waals surface area contributed by atoms with Crippen LogP contribution in [0.4, 0.5) is 0 Å². The second kappa shape index (κ2) is 9.14. The van der Waals surface area contributed by atoms with Gasteiger partial charge in [-0.2, -0.15) is 0 Å². The first kappa shape index (κ1) is 17.4. The molecule has 0 atom stereocenters. The van der Waals surface area contributed by atoms with Crippen molar-refractivity contribution in [3.8, 4) is 5.75 Å². The molecule has 128 valence electrons. The lowest BCUT2D eigenvalue weighted by Crippen LogP contribution is -2.24. The van der Waals surface area contributed by atoms with Crippen molar-refractivity contribution in [3.05, 3.63) is 65.4 Å². The monoisotopic (exact) mass is 372 g/mol. The average Bonchev–Trinajstić information content (AvgIpc) is 3.18. The largest absolute Gasteiger partial charge is 0.487 e. The van der Waals surface area contributed by atoms with Gasteiger partial charge in [-0.1, -0.05) is 41.3 Å². The molecule has 0 saturated heterocycles. The fourth-order valence-electron chi connectivity index (χ4n) is 1.95. The van der Waals surface area contributed by atoms with Gasteiger partial charge in [0.15, 0.2) is 4.34 Å². The molecule has 0 saturated carbocycles. The maximum absolute atomic E-state index is 11.8. The van der Waals surface area contributed by atoms with Crippen LogP contribution in [0.1, 0.15) is 11.3 Å². The van der Waals surface area contributed by atoms with Gasteiger partial charge in [-0.25, -0.2) is 0 Å². The lowest BCUT2D eigenvalue weighted by molar-refractivity contribution is -0.118. The third kappa shape index (κ3) is 5.84. The number of hydrogen-bond acceptors (Lipinski definition) is 7. The lowest BCUT2D eigenvalue weighted by atomic mass is 10.2. The first-order valence-electron chi connectivity index (χ1n) is 7.57. The van der Waals surface area contributed by atoms with Crippen LogP contribution < -0.4 is 10.1 Å². The molecule has 0 aliphatic rings. The van der Waals surface area contributed by atoms with Gasteiger partial charge in [0.05, 0.1) is 11.4 Å². The maximum atomic E-state index is 11.8. The van der Waals surface area contributed by atoms with Crippen LogP contribution in [0.3, 0.4) is 0 Å². The fraction of sp³-hybridized carbons (Fsp3) is 0.176. The van der Waals surface area contributed by atoms with Crippen molar-refractivity contribution in [1.82, 2.24) is 20.5 Å². The zero-order valence-electron chi connectivity index (χ0n) is 13.3. The normalized spacial score (nSPS) is 10.4. The topological polar surface area (TPSA) is 77.0 Å². The summed E-state index contributed by atoms with van der Waals surface area (Å²) in [6, 6.07) is 13.4. The van der Waals surface area contributed by atoms with E-state index in [9.17, 15) is 4.79 Å². The SMILES string of the molecule is O=C(CSc1nncs1)NCc1ccc(OCc2ccccn2)cc1. The number of carbonyl (C=O) groups excluding carboxylic acids is 1. The number of rotatable bonds is 8. The van der Waals surface area contributed by atoms with E-state index in [-0.39, 0.29) is 5.91 Å². The van der Waals surface area contributed by atoms with Gasteiger partial charge in [-0.3, -0.25) is 9.78 Å². The first-order valence-corrected chi connectivity index (χ1v) is 9.43. The highest BCUT2D eigenvalue weighted by atomic mass is 32.2. The number of amides is 1. The molecule has 2 aromatic heterocycles. The van der Waals surface area contributed by atoms with Crippen molar-refractivity contribution in [2.45, 2.75) is 17.5 Å². The number of carbonyl (C=O) groups is 1. The predicted molar refractivity (Wildman–Crippen MR) is 97.5 cm³/mol. The summed E-state index contributed by atoms with van der Waals surface area (Å²) in [4.78, 5) is 16.0. The Hall–Kier alpha value is -2.45. The van der Waals surface area contributed by atoms with Gasteiger partial charge in [0.2, 0.25) is 5.91 Å². The predicted octanol–water partition coefficient (Wildman–Crippen LogP) is 2.92. The Morgan fingerprint density at radius 3 is 2.80 bits per heavy atom. The summed E-state index contributed by atoms with van der Waals surface area (Å²) in [5.41, 5.74) is 3.55. The molecule has 1 N–H and O–H groups in total. The second-order valence-corrected chi connectivity index (χ2v) is 7.08. The summed E-state index contributed by atoms with van der Waals surface area (Å²) in [6.45, 7) is 0.912. The summed E-state index contributed by atoms with van der Waals surface area (Å²) < 4.78 is 6.48. The Kier molecular flexibility index (Phi) is 6.35. The van der Waals surface area contributed by atoms with E-state index >= 15 is 0 Å². The minimum absolute atomic E-state index is 0.0318. The van der Waals surface area contributed by atoms with Crippen molar-refractivity contribution in [2.24, 2.45) is 0 Å². The highest BCUT2D eigenvalue weighted by Gasteiger charge is 2.05. The summed E-state index contributed by atoms with van der Waals surface area (Å²) in [7, 11) is 0. The van der Waals surface area contributed by atoms with E-state index in [4.69, 9.17) is 4.74 Å². The summed E-state index contributed by atoms with van der Waals surface area (Å²) in [6.07, 6.45) is 1.74. The molecule has 8 heteroatoms. The highest BCUT2D eigenvalue weighted by molar-refractivity contribution is 8.01. The minimum Gasteiger partial charge on any atom is -0.487 e. The number of thioether (sulfide) groups is 1. The quantitative estimate of drug-likeness (QED) is 0.613. The molecule has 1 aromatic carbocycles. The van der Waals surface area contributed by atoms with Gasteiger partial charge in [-0.05, 0) is 29.8 Å². The molecule has 0 radical (unpaired) electrons. The summed E-state index contributed by atoms with van der Waals surface area (Å²) >= 11 is 2.81. The molecule has 0 aliphatic carbocycles. The van der Waals surface area contributed by atoms with Gasteiger partial charge in [0.1, 0.15) is 17.9 Å². The lowest BCUT2D eigenvalue weighted by Gasteiger charge is -2.08. The molecule has 3 rings (SSSR count). The number of hydrogen-bond donors (Lipinski definition) is 1. The zero-order chi connectivity index (χ0) is 17.3. The van der Waals surface area contributed by atoms with Crippen LogP contribution in [0.15, 0.2) is 58.5 Å². The van der Waals surface area contributed by atoms with Crippen LogP contribution in [0.25, 0.3) is 0 Å². The molecule has 0 spiro atoms. The Bertz CT molecular complexity index is 780. The molecule has 6 nitrogen and oxygen atoms in total. The molecule has 3 aromatic rings. The number of ether oxygens (including phenoxy) is 1. The van der Waals surface area contributed by atoms with E-state index in [1.54, 1.807) is 11.7 Å². The van der Waals surface area contributed by atoms with Gasteiger partial charge in [0.25, 0.3) is 0 Å². The van der Waals surface area contributed by atoms with E-state index in [1.807, 2.05) is 42.5 Å². The Morgan fingerprint density at radius 1 is 1.20 bits per heavy atom. The molecule has 1 amide bonds. The highest BCUT2D eigenvalue weighted by Crippen LogP contribution is 2.18. The third-order valence-corrected chi connectivity index (χ3v) is 5.05. The van der Waals surface area contributed by atoms with E-state index in [1.165, 1.54) is 23.1 Å². The fourth-order valence-corrected chi connectivity index (χ4v) is 3.27. The minimum atomic E-state index is -0.0318. The third-order valence-electron chi connectivity index (χ3n) is 3.19. The van der Waals surface area contributed by atoms with E-state index in [0.29, 0.717) is 18.9 Å². The smallest absolute Gasteiger partial charge is 0.230 e. The Morgan fingerprint density at radius 2 is 2.08 bits per heavy atom. The zero-order valence-corrected chi connectivity index (χ0v) is 14.9. The van der Waals surface area contributed by atoms with Gasteiger partial charge < -0.3 is 10.1 Å². The van der Waals surface area contributed by atoms with Gasteiger partial charge in [0, 0.05) is 12.7 Å². The number of benzene rings is 1. The molecule has 0 bridgehead atoms.